The Hall–Kier alpha value is -6.70. The number of nitrogens with zero attached hydrogens (tertiary/aromatic N) is 4. The number of piperidine rings is 4. The van der Waals surface area contributed by atoms with E-state index in [-0.39, 0.29) is 40.8 Å². The van der Waals surface area contributed by atoms with Crippen LogP contribution in [0.4, 0.5) is 37.7 Å². The molecule has 0 saturated carbocycles. The van der Waals surface area contributed by atoms with Crippen LogP contribution in [-0.2, 0) is 29.6 Å². The van der Waals surface area contributed by atoms with Crippen LogP contribution < -0.4 is 15.2 Å². The van der Waals surface area contributed by atoms with Crippen molar-refractivity contribution in [2.75, 3.05) is 87.4 Å². The maximum Gasteiger partial charge on any atom is 0.246 e. The molecular formula is C60H71F6N9O7S2. The maximum atomic E-state index is 13.4. The summed E-state index contributed by atoms with van der Waals surface area (Å²) in [5.41, 5.74) is 12.2. The fraction of sp³-hybridized carbons (Fsp3) is 0.433. The predicted octanol–water partition coefficient (Wildman–Crippen LogP) is 8.86. The first-order valence-electron chi connectivity index (χ1n) is 28.2. The first kappa shape index (κ1) is 61.8. The molecule has 84 heavy (non-hydrogen) atoms. The number of nitrogens with one attached hydrogen (secondary N) is 4. The molecule has 0 bridgehead atoms. The van der Waals surface area contributed by atoms with Gasteiger partial charge in [0.2, 0.25) is 31.9 Å². The monoisotopic (exact) mass is 1210 g/mol. The Labute approximate surface area is 485 Å². The number of aromatic amines is 2. The zero-order valence-electron chi connectivity index (χ0n) is 46.8. The van der Waals surface area contributed by atoms with Gasteiger partial charge in [0.25, 0.3) is 0 Å². The van der Waals surface area contributed by atoms with Gasteiger partial charge < -0.3 is 40.4 Å². The number of likely N-dealkylation sites (tertiary alicyclic amines) is 4. The smallest absolute Gasteiger partial charge is 0.246 e. The molecule has 0 spiro atoms. The number of β-amino-alcohol motifs (C(OH)–C–C–N with tert-alkyl or cyclic N) is 1. The topological polar surface area (TPSA) is 217 Å². The Balaban J connectivity index is 0.000000202. The summed E-state index contributed by atoms with van der Waals surface area (Å²) >= 11 is 0. The van der Waals surface area contributed by atoms with E-state index >= 15 is 0 Å². The van der Waals surface area contributed by atoms with Crippen molar-refractivity contribution in [3.05, 3.63) is 142 Å². The predicted molar refractivity (Wildman–Crippen MR) is 314 cm³/mol. The highest BCUT2D eigenvalue weighted by Gasteiger charge is 2.32. The number of aromatic nitrogens is 2. The standard InChI is InChI=1S/C30H36F3N5O3S.C30H35F3N4O4S/c1-42(40,41)36-22-3-4-28-23(16-22)24(17-35-28)20-6-10-37(11-7-20)18-27(34)21-8-12-38(13-9-21)29(39)5-2-19-14-25(31)30(33)26(32)15-19;1-42(40,41)35-22-3-4-27-23(16-22)24(17-34-27)20-6-10-36(11-7-20)18-28(38)21-8-12-37(13-9-21)29(39)5-2-19-14-25(31)30(33)26(32)15-19/h2-5,14-17,20-21,27,35-36H,6-13,18,34H2,1H3;2-5,14-17,20-21,28,34-35,38H,6-13,18H2,1H3/b2*5-2+. The van der Waals surface area contributed by atoms with Gasteiger partial charge in [-0.05, 0) is 196 Å². The molecule has 2 atom stereocenters. The molecule has 4 aromatic carbocycles. The molecular weight excluding hydrogens is 1140 g/mol. The number of halogens is 6. The van der Waals surface area contributed by atoms with E-state index in [0.29, 0.717) is 68.8 Å². The number of amides is 2. The summed E-state index contributed by atoms with van der Waals surface area (Å²) in [5.74, 6) is -7.80. The summed E-state index contributed by atoms with van der Waals surface area (Å²) in [7, 11) is -6.72. The van der Waals surface area contributed by atoms with Crippen LogP contribution in [0.1, 0.15) is 85.5 Å². The molecule has 10 rings (SSSR count). The van der Waals surface area contributed by atoms with Gasteiger partial charge in [-0.3, -0.25) is 19.0 Å². The summed E-state index contributed by atoms with van der Waals surface area (Å²) in [6.45, 7) is 6.87. The van der Waals surface area contributed by atoms with Crippen molar-refractivity contribution in [3.8, 4) is 0 Å². The molecule has 7 N–H and O–H groups in total. The van der Waals surface area contributed by atoms with Crippen LogP contribution in [0, 0.1) is 46.7 Å². The van der Waals surface area contributed by atoms with E-state index in [1.165, 1.54) is 35.4 Å². The number of fused-ring (bicyclic) bond motifs is 2. The minimum absolute atomic E-state index is 0.0165. The minimum Gasteiger partial charge on any atom is -0.392 e. The number of hydrogen-bond donors (Lipinski definition) is 6. The van der Waals surface area contributed by atoms with E-state index in [1.807, 2.05) is 36.7 Å². The van der Waals surface area contributed by atoms with E-state index in [0.717, 1.165) is 130 Å². The van der Waals surface area contributed by atoms with Crippen molar-refractivity contribution in [2.45, 2.75) is 75.3 Å². The molecule has 452 valence electrons. The number of anilines is 2. The molecule has 24 heteroatoms. The van der Waals surface area contributed by atoms with Crippen LogP contribution in [0.3, 0.4) is 0 Å². The Bertz CT molecular complexity index is 3340. The van der Waals surface area contributed by atoms with Crippen molar-refractivity contribution >= 4 is 77.2 Å². The maximum absolute atomic E-state index is 13.4. The largest absolute Gasteiger partial charge is 0.392 e. The van der Waals surface area contributed by atoms with Gasteiger partial charge in [0.15, 0.2) is 34.9 Å². The molecule has 4 aliphatic heterocycles. The van der Waals surface area contributed by atoms with Crippen LogP contribution >= 0.6 is 0 Å². The first-order valence-corrected chi connectivity index (χ1v) is 32.0. The second kappa shape index (κ2) is 26.7. The molecule has 0 aliphatic carbocycles. The van der Waals surface area contributed by atoms with Crippen molar-refractivity contribution in [1.29, 1.82) is 0 Å². The SMILES string of the molecule is CS(=O)(=O)Nc1ccc2[nH]cc(C3CCN(CC(N)C4CCN(C(=O)/C=C/c5cc(F)c(F)c(F)c5)CC4)CC3)c2c1.CS(=O)(=O)Nc1ccc2[nH]cc(C3CCN(CC(O)C4CCN(C(=O)/C=C/c5cc(F)c(F)c(F)c5)CC4)CC3)c2c1. The first-order chi connectivity index (χ1) is 39.9. The van der Waals surface area contributed by atoms with Crippen LogP contribution in [-0.4, -0.2) is 153 Å². The quantitative estimate of drug-likeness (QED) is 0.0307. The molecule has 2 aromatic heterocycles. The molecule has 2 amide bonds. The summed E-state index contributed by atoms with van der Waals surface area (Å²) < 4.78 is 132. The number of rotatable bonds is 16. The van der Waals surface area contributed by atoms with Gasteiger partial charge in [0.05, 0.1) is 18.6 Å². The van der Waals surface area contributed by atoms with Gasteiger partial charge in [-0.2, -0.15) is 0 Å². The lowest BCUT2D eigenvalue weighted by Gasteiger charge is -2.38. The van der Waals surface area contributed by atoms with Gasteiger partial charge in [0, 0.05) is 103 Å². The number of benzene rings is 4. The second-order valence-electron chi connectivity index (χ2n) is 22.7. The van der Waals surface area contributed by atoms with Gasteiger partial charge >= 0.3 is 0 Å². The normalized spacial score (nSPS) is 18.6. The highest BCUT2D eigenvalue weighted by Crippen LogP contribution is 2.37. The Morgan fingerprint density at radius 2 is 0.940 bits per heavy atom. The molecule has 0 radical (unpaired) electrons. The van der Waals surface area contributed by atoms with Crippen molar-refractivity contribution in [3.63, 3.8) is 0 Å². The second-order valence-corrected chi connectivity index (χ2v) is 26.2. The van der Waals surface area contributed by atoms with Gasteiger partial charge in [0.1, 0.15) is 0 Å². The lowest BCUT2D eigenvalue weighted by atomic mass is 9.87. The fourth-order valence-electron chi connectivity index (χ4n) is 12.2. The Kier molecular flexibility index (Phi) is 19.7. The third-order valence-electron chi connectivity index (χ3n) is 16.7. The molecule has 4 saturated heterocycles. The van der Waals surface area contributed by atoms with E-state index in [9.17, 15) is 57.9 Å². The van der Waals surface area contributed by atoms with Gasteiger partial charge in [-0.25, -0.2) is 43.2 Å². The third-order valence-corrected chi connectivity index (χ3v) is 17.9. The van der Waals surface area contributed by atoms with Crippen molar-refractivity contribution < 1.29 is 57.9 Å². The summed E-state index contributed by atoms with van der Waals surface area (Å²) in [6.07, 6.45) is 17.5. The van der Waals surface area contributed by atoms with E-state index < -0.39 is 61.1 Å². The lowest BCUT2D eigenvalue weighted by Crippen LogP contribution is -2.48. The average molecular weight is 1210 g/mol. The third kappa shape index (κ3) is 16.0. The number of aliphatic hydroxyl groups is 1. The number of H-pyrrole nitrogens is 2. The van der Waals surface area contributed by atoms with E-state index in [2.05, 4.69) is 29.2 Å². The minimum atomic E-state index is -3.37. The summed E-state index contributed by atoms with van der Waals surface area (Å²) in [4.78, 5) is 39.8. The number of carbonyl (C=O) groups excluding carboxylic acids is 2. The average Bonchev–Trinajstić information content (AvgIpc) is 3.96. The van der Waals surface area contributed by atoms with Gasteiger partial charge in [-0.15, -0.1) is 0 Å². The van der Waals surface area contributed by atoms with Crippen molar-refractivity contribution in [1.82, 2.24) is 29.6 Å². The number of nitrogens with two attached hydrogens (primary N) is 1. The molecule has 4 fully saturated rings. The van der Waals surface area contributed by atoms with E-state index in [1.54, 1.807) is 21.9 Å². The number of hydrogen-bond acceptors (Lipinski definition) is 10. The Morgan fingerprint density at radius 1 is 0.571 bits per heavy atom. The zero-order chi connectivity index (χ0) is 60.0. The Morgan fingerprint density at radius 3 is 1.32 bits per heavy atom. The van der Waals surface area contributed by atoms with Crippen molar-refractivity contribution in [2.24, 2.45) is 17.6 Å². The van der Waals surface area contributed by atoms with Gasteiger partial charge in [-0.1, -0.05) is 0 Å². The fourth-order valence-corrected chi connectivity index (χ4v) is 13.3. The van der Waals surface area contributed by atoms with Crippen LogP contribution in [0.15, 0.2) is 85.2 Å². The number of sulfonamides is 2. The number of carbonyl (C=O) groups is 2. The highest BCUT2D eigenvalue weighted by atomic mass is 32.2. The molecule has 16 nitrogen and oxygen atoms in total. The van der Waals surface area contributed by atoms with Crippen LogP contribution in [0.25, 0.3) is 34.0 Å². The van der Waals surface area contributed by atoms with Crippen LogP contribution in [0.2, 0.25) is 0 Å². The lowest BCUT2D eigenvalue weighted by molar-refractivity contribution is -0.128. The molecule has 2 unspecified atom stereocenters. The summed E-state index contributed by atoms with van der Waals surface area (Å²) in [6, 6.07) is 14.4. The summed E-state index contributed by atoms with van der Waals surface area (Å²) in [5, 5.41) is 13.0. The van der Waals surface area contributed by atoms with E-state index in [4.69, 9.17) is 5.73 Å². The van der Waals surface area contributed by atoms with Crippen LogP contribution in [0.5, 0.6) is 0 Å². The molecule has 4 aliphatic rings. The number of aliphatic hydroxyl groups excluding tert-OH is 1. The highest BCUT2D eigenvalue weighted by molar-refractivity contribution is 7.92. The molecule has 6 heterocycles. The zero-order valence-corrected chi connectivity index (χ0v) is 48.4. The molecule has 6 aromatic rings.